The number of hydrogen-bond donors (Lipinski definition) is 0. The second kappa shape index (κ2) is 9.29. The van der Waals surface area contributed by atoms with Gasteiger partial charge in [0.25, 0.3) is 0 Å². The summed E-state index contributed by atoms with van der Waals surface area (Å²) in [7, 11) is 1.66. The molecule has 2 aromatic rings. The minimum atomic E-state index is -0.314. The van der Waals surface area contributed by atoms with Crippen molar-refractivity contribution in [1.29, 1.82) is 0 Å². The van der Waals surface area contributed by atoms with Crippen molar-refractivity contribution < 1.29 is 19.1 Å². The molecule has 7 heteroatoms. The van der Waals surface area contributed by atoms with Gasteiger partial charge in [-0.25, -0.2) is 0 Å². The van der Waals surface area contributed by atoms with E-state index in [1.54, 1.807) is 12.0 Å². The molecule has 0 aromatic heterocycles. The average Bonchev–Trinajstić information content (AvgIpc) is 3.20. The van der Waals surface area contributed by atoms with Gasteiger partial charge in [-0.15, -0.1) is 0 Å². The van der Waals surface area contributed by atoms with E-state index in [-0.39, 0.29) is 24.2 Å². The molecular weight excluding hydrogens is 394 g/mol. The third kappa shape index (κ3) is 4.45. The molecule has 2 heterocycles. The average molecular weight is 424 g/mol. The molecule has 0 spiro atoms. The summed E-state index contributed by atoms with van der Waals surface area (Å²) >= 11 is 0. The molecule has 4 rings (SSSR count). The molecule has 2 amide bonds. The Balaban J connectivity index is 1.38. The maximum Gasteiger partial charge on any atom is 0.228 e. The topological polar surface area (TPSA) is 62.3 Å². The molecule has 2 aliphatic rings. The molecule has 0 saturated carbocycles. The number of amides is 2. The standard InChI is InChI=1S/C24H29N3O4/c1-3-31-22-10-5-4-9-21(22)27-17-18(15-23(27)28)24(29)26-13-11-25(12-14-26)19-7-6-8-20(16-19)30-2/h4-10,16,18H,3,11-15,17H2,1-2H3/t18-/m1/s1. The number of anilines is 2. The molecule has 0 N–H and O–H groups in total. The maximum absolute atomic E-state index is 13.2. The van der Waals surface area contributed by atoms with Gasteiger partial charge in [-0.3, -0.25) is 9.59 Å². The number of carbonyl (C=O) groups is 2. The van der Waals surface area contributed by atoms with E-state index in [2.05, 4.69) is 11.0 Å². The predicted molar refractivity (Wildman–Crippen MR) is 120 cm³/mol. The molecule has 2 aliphatic heterocycles. The Morgan fingerprint density at radius 1 is 1.06 bits per heavy atom. The second-order valence-corrected chi connectivity index (χ2v) is 7.82. The van der Waals surface area contributed by atoms with Crippen molar-refractivity contribution in [3.63, 3.8) is 0 Å². The van der Waals surface area contributed by atoms with Gasteiger partial charge in [0.05, 0.1) is 25.3 Å². The quantitative estimate of drug-likeness (QED) is 0.715. The Bertz CT molecular complexity index is 940. The summed E-state index contributed by atoms with van der Waals surface area (Å²) in [6.07, 6.45) is 0.245. The Hall–Kier alpha value is -3.22. The molecule has 7 nitrogen and oxygen atoms in total. The zero-order valence-corrected chi connectivity index (χ0v) is 18.1. The molecule has 2 fully saturated rings. The predicted octanol–water partition coefficient (Wildman–Crippen LogP) is 2.80. The first kappa shape index (κ1) is 21.0. The van der Waals surface area contributed by atoms with Crippen molar-refractivity contribution in [3.05, 3.63) is 48.5 Å². The van der Waals surface area contributed by atoms with Crippen LogP contribution in [0.15, 0.2) is 48.5 Å². The summed E-state index contributed by atoms with van der Waals surface area (Å²) in [5.74, 6) is 1.23. The van der Waals surface area contributed by atoms with Crippen LogP contribution in [0.5, 0.6) is 11.5 Å². The van der Waals surface area contributed by atoms with Crippen LogP contribution in [0.4, 0.5) is 11.4 Å². The van der Waals surface area contributed by atoms with Gasteiger partial charge >= 0.3 is 0 Å². The summed E-state index contributed by atoms with van der Waals surface area (Å²) in [6, 6.07) is 15.5. The summed E-state index contributed by atoms with van der Waals surface area (Å²) in [5, 5.41) is 0. The van der Waals surface area contributed by atoms with Crippen molar-refractivity contribution in [1.82, 2.24) is 4.90 Å². The van der Waals surface area contributed by atoms with Gasteiger partial charge in [-0.2, -0.15) is 0 Å². The van der Waals surface area contributed by atoms with E-state index >= 15 is 0 Å². The first-order valence-corrected chi connectivity index (χ1v) is 10.8. The molecule has 1 atom stereocenters. The smallest absolute Gasteiger partial charge is 0.228 e. The van der Waals surface area contributed by atoms with E-state index in [0.29, 0.717) is 32.0 Å². The van der Waals surface area contributed by atoms with Gasteiger partial charge in [0.2, 0.25) is 11.8 Å². The van der Waals surface area contributed by atoms with Crippen LogP contribution in [-0.4, -0.2) is 63.2 Å². The number of methoxy groups -OCH3 is 1. The third-order valence-corrected chi connectivity index (χ3v) is 5.94. The highest BCUT2D eigenvalue weighted by atomic mass is 16.5. The van der Waals surface area contributed by atoms with E-state index < -0.39 is 0 Å². The van der Waals surface area contributed by atoms with Crippen LogP contribution < -0.4 is 19.3 Å². The minimum Gasteiger partial charge on any atom is -0.497 e. The van der Waals surface area contributed by atoms with E-state index in [9.17, 15) is 9.59 Å². The molecule has 0 bridgehead atoms. The summed E-state index contributed by atoms with van der Waals surface area (Å²) in [6.45, 7) is 5.66. The lowest BCUT2D eigenvalue weighted by Crippen LogP contribution is -2.50. The van der Waals surface area contributed by atoms with Crippen LogP contribution in [0.2, 0.25) is 0 Å². The number of carbonyl (C=O) groups excluding carboxylic acids is 2. The number of rotatable bonds is 6. The molecule has 2 aromatic carbocycles. The Labute approximate surface area is 183 Å². The number of hydrogen-bond acceptors (Lipinski definition) is 5. The lowest BCUT2D eigenvalue weighted by Gasteiger charge is -2.37. The highest BCUT2D eigenvalue weighted by Gasteiger charge is 2.38. The van der Waals surface area contributed by atoms with Crippen LogP contribution in [-0.2, 0) is 9.59 Å². The fourth-order valence-corrected chi connectivity index (χ4v) is 4.31. The van der Waals surface area contributed by atoms with Crippen LogP contribution in [0.25, 0.3) is 0 Å². The molecule has 31 heavy (non-hydrogen) atoms. The van der Waals surface area contributed by atoms with Gasteiger partial charge in [-0.1, -0.05) is 18.2 Å². The highest BCUT2D eigenvalue weighted by molar-refractivity contribution is 6.01. The SMILES string of the molecule is CCOc1ccccc1N1C[C@H](C(=O)N2CCN(c3cccc(OC)c3)CC2)CC1=O. The Morgan fingerprint density at radius 3 is 2.58 bits per heavy atom. The van der Waals surface area contributed by atoms with E-state index in [4.69, 9.17) is 9.47 Å². The number of piperazine rings is 1. The van der Waals surface area contributed by atoms with Gasteiger partial charge < -0.3 is 24.2 Å². The number of nitrogens with zero attached hydrogens (tertiary/aromatic N) is 3. The van der Waals surface area contributed by atoms with Crippen LogP contribution in [0.1, 0.15) is 13.3 Å². The number of ether oxygens (including phenoxy) is 2. The summed E-state index contributed by atoms with van der Waals surface area (Å²) in [4.78, 5) is 31.7. The number of para-hydroxylation sites is 2. The highest BCUT2D eigenvalue weighted by Crippen LogP contribution is 2.34. The zero-order chi connectivity index (χ0) is 21.8. The Kier molecular flexibility index (Phi) is 6.30. The lowest BCUT2D eigenvalue weighted by atomic mass is 10.1. The van der Waals surface area contributed by atoms with Gasteiger partial charge in [0, 0.05) is 50.9 Å². The monoisotopic (exact) mass is 423 g/mol. The molecule has 164 valence electrons. The summed E-state index contributed by atoms with van der Waals surface area (Å²) < 4.78 is 11.0. The molecule has 0 unspecified atom stereocenters. The fourth-order valence-electron chi connectivity index (χ4n) is 4.31. The van der Waals surface area contributed by atoms with Crippen LogP contribution in [0.3, 0.4) is 0 Å². The van der Waals surface area contributed by atoms with E-state index in [1.165, 1.54) is 0 Å². The van der Waals surface area contributed by atoms with Crippen molar-refractivity contribution in [2.75, 3.05) is 56.2 Å². The first-order chi connectivity index (χ1) is 15.1. The maximum atomic E-state index is 13.2. The normalized spacial score (nSPS) is 19.0. The van der Waals surface area contributed by atoms with Crippen LogP contribution >= 0.6 is 0 Å². The molecular formula is C24H29N3O4. The number of benzene rings is 2. The van der Waals surface area contributed by atoms with Crippen LogP contribution in [0, 0.1) is 5.92 Å². The Morgan fingerprint density at radius 2 is 1.84 bits per heavy atom. The first-order valence-electron chi connectivity index (χ1n) is 10.8. The zero-order valence-electron chi connectivity index (χ0n) is 18.1. The third-order valence-electron chi connectivity index (χ3n) is 5.94. The second-order valence-electron chi connectivity index (χ2n) is 7.82. The van der Waals surface area contributed by atoms with Gasteiger partial charge in [0.1, 0.15) is 11.5 Å². The molecule has 0 radical (unpaired) electrons. The van der Waals surface area contributed by atoms with Gasteiger partial charge in [-0.05, 0) is 31.2 Å². The van der Waals surface area contributed by atoms with Gasteiger partial charge in [0.15, 0.2) is 0 Å². The van der Waals surface area contributed by atoms with Crippen molar-refractivity contribution >= 4 is 23.2 Å². The summed E-state index contributed by atoms with van der Waals surface area (Å²) in [5.41, 5.74) is 1.84. The lowest BCUT2D eigenvalue weighted by molar-refractivity contribution is -0.136. The fraction of sp³-hybridized carbons (Fsp3) is 0.417. The molecule has 2 saturated heterocycles. The molecule has 0 aliphatic carbocycles. The van der Waals surface area contributed by atoms with E-state index in [1.807, 2.05) is 54.3 Å². The minimum absolute atomic E-state index is 0.0273. The largest absolute Gasteiger partial charge is 0.497 e. The van der Waals surface area contributed by atoms with Crippen molar-refractivity contribution in [2.24, 2.45) is 5.92 Å². The van der Waals surface area contributed by atoms with E-state index in [0.717, 1.165) is 30.2 Å². The van der Waals surface area contributed by atoms with Crippen molar-refractivity contribution in [2.45, 2.75) is 13.3 Å². The van der Waals surface area contributed by atoms with Crippen molar-refractivity contribution in [3.8, 4) is 11.5 Å².